The average molecular weight is 415 g/mol. The fourth-order valence-electron chi connectivity index (χ4n) is 2.32. The Balaban J connectivity index is 2.13. The first-order chi connectivity index (χ1) is 10.0. The minimum atomic E-state index is -0.231. The summed E-state index contributed by atoms with van der Waals surface area (Å²) in [7, 11) is 0. The van der Waals surface area contributed by atoms with Crippen molar-refractivity contribution < 1.29 is 4.39 Å². The number of benzene rings is 2. The third kappa shape index (κ3) is 4.38. The maximum absolute atomic E-state index is 13.3. The third-order valence-electron chi connectivity index (χ3n) is 3.58. The van der Waals surface area contributed by atoms with Crippen LogP contribution >= 0.6 is 31.9 Å². The molecule has 0 aliphatic carbocycles. The molecule has 0 aromatic heterocycles. The van der Waals surface area contributed by atoms with Crippen LogP contribution < -0.4 is 5.32 Å². The van der Waals surface area contributed by atoms with Crippen molar-refractivity contribution in [3.63, 3.8) is 0 Å². The lowest BCUT2D eigenvalue weighted by Crippen LogP contribution is -2.24. The molecular weight excluding hydrogens is 397 g/mol. The summed E-state index contributed by atoms with van der Waals surface area (Å²) < 4.78 is 14.9. The van der Waals surface area contributed by atoms with E-state index in [1.807, 2.05) is 12.1 Å². The van der Waals surface area contributed by atoms with Gasteiger partial charge in [0.15, 0.2) is 0 Å². The zero-order valence-electron chi connectivity index (χ0n) is 12.0. The number of hydrogen-bond donors (Lipinski definition) is 1. The molecular formula is C17H18Br2FN. The number of hydrogen-bond acceptors (Lipinski definition) is 1. The van der Waals surface area contributed by atoms with Gasteiger partial charge in [-0.15, -0.1) is 0 Å². The van der Waals surface area contributed by atoms with E-state index >= 15 is 0 Å². The highest BCUT2D eigenvalue weighted by atomic mass is 79.9. The fourth-order valence-corrected chi connectivity index (χ4v) is 2.99. The second kappa shape index (κ2) is 7.52. The third-order valence-corrected chi connectivity index (χ3v) is 4.71. The summed E-state index contributed by atoms with van der Waals surface area (Å²) in [4.78, 5) is 0. The van der Waals surface area contributed by atoms with Crippen LogP contribution in [0.15, 0.2) is 51.4 Å². The van der Waals surface area contributed by atoms with Crippen molar-refractivity contribution in [3.8, 4) is 0 Å². The maximum atomic E-state index is 13.3. The SMILES string of the molecule is CCC(NC(C)c1ccc(F)c(Br)c1)c1ccc(Br)cc1. The molecule has 0 spiro atoms. The number of rotatable bonds is 5. The van der Waals surface area contributed by atoms with Gasteiger partial charge in [0, 0.05) is 16.6 Å². The Bertz CT molecular complexity index is 598. The summed E-state index contributed by atoms with van der Waals surface area (Å²) in [6.45, 7) is 4.26. The second-order valence-corrected chi connectivity index (χ2v) is 6.84. The second-order valence-electron chi connectivity index (χ2n) is 5.07. The van der Waals surface area contributed by atoms with Gasteiger partial charge in [0.1, 0.15) is 5.82 Å². The Morgan fingerprint density at radius 1 is 1.05 bits per heavy atom. The monoisotopic (exact) mass is 413 g/mol. The van der Waals surface area contributed by atoms with Crippen LogP contribution in [0.4, 0.5) is 4.39 Å². The lowest BCUT2D eigenvalue weighted by atomic mass is 10.0. The Kier molecular flexibility index (Phi) is 5.97. The first-order valence-corrected chi connectivity index (χ1v) is 8.56. The highest BCUT2D eigenvalue weighted by molar-refractivity contribution is 9.10. The minimum absolute atomic E-state index is 0.149. The van der Waals surface area contributed by atoms with E-state index < -0.39 is 0 Å². The molecule has 2 unspecified atom stereocenters. The minimum Gasteiger partial charge on any atom is -0.303 e. The van der Waals surface area contributed by atoms with E-state index in [9.17, 15) is 4.39 Å². The summed E-state index contributed by atoms with van der Waals surface area (Å²) in [5.41, 5.74) is 2.33. The van der Waals surface area contributed by atoms with Crippen LogP contribution in [-0.4, -0.2) is 0 Å². The van der Waals surface area contributed by atoms with Crippen molar-refractivity contribution in [1.82, 2.24) is 5.32 Å². The van der Waals surface area contributed by atoms with Crippen molar-refractivity contribution in [3.05, 3.63) is 68.4 Å². The molecule has 0 heterocycles. The normalized spacial score (nSPS) is 14.0. The molecule has 0 amide bonds. The zero-order valence-corrected chi connectivity index (χ0v) is 15.2. The molecule has 2 aromatic rings. The molecule has 0 saturated carbocycles. The number of halogens is 3. The van der Waals surface area contributed by atoms with Gasteiger partial charge in [-0.05, 0) is 64.7 Å². The summed E-state index contributed by atoms with van der Waals surface area (Å²) in [6, 6.07) is 13.9. The van der Waals surface area contributed by atoms with Crippen LogP contribution in [-0.2, 0) is 0 Å². The zero-order chi connectivity index (χ0) is 15.4. The predicted molar refractivity (Wildman–Crippen MR) is 92.8 cm³/mol. The van der Waals surface area contributed by atoms with Gasteiger partial charge in [0.25, 0.3) is 0 Å². The van der Waals surface area contributed by atoms with E-state index in [1.54, 1.807) is 0 Å². The Morgan fingerprint density at radius 3 is 2.24 bits per heavy atom. The van der Waals surface area contributed by atoms with E-state index in [2.05, 4.69) is 75.3 Å². The standard InChI is InChI=1S/C17H18Br2FN/c1-3-17(12-4-7-14(18)8-5-12)21-11(2)13-6-9-16(20)15(19)10-13/h4-11,17,21H,3H2,1-2H3. The van der Waals surface area contributed by atoms with Crippen molar-refractivity contribution in [2.45, 2.75) is 32.4 Å². The lowest BCUT2D eigenvalue weighted by molar-refractivity contribution is 0.455. The first kappa shape index (κ1) is 16.7. The van der Waals surface area contributed by atoms with Gasteiger partial charge in [-0.2, -0.15) is 0 Å². The summed E-state index contributed by atoms with van der Waals surface area (Å²) >= 11 is 6.70. The van der Waals surface area contributed by atoms with Gasteiger partial charge < -0.3 is 5.32 Å². The predicted octanol–water partition coefficient (Wildman–Crippen LogP) is 6.15. The molecule has 0 bridgehead atoms. The molecule has 1 N–H and O–H groups in total. The fraction of sp³-hybridized carbons (Fsp3) is 0.294. The molecule has 2 rings (SSSR count). The van der Waals surface area contributed by atoms with Crippen LogP contribution in [0.5, 0.6) is 0 Å². The molecule has 0 radical (unpaired) electrons. The smallest absolute Gasteiger partial charge is 0.137 e. The Morgan fingerprint density at radius 2 is 1.67 bits per heavy atom. The largest absolute Gasteiger partial charge is 0.303 e. The maximum Gasteiger partial charge on any atom is 0.137 e. The molecule has 2 aromatic carbocycles. The van der Waals surface area contributed by atoms with E-state index in [0.717, 1.165) is 16.5 Å². The Hall–Kier alpha value is -0.710. The topological polar surface area (TPSA) is 12.0 Å². The van der Waals surface area contributed by atoms with Crippen LogP contribution in [0.3, 0.4) is 0 Å². The van der Waals surface area contributed by atoms with E-state index in [1.165, 1.54) is 11.6 Å². The van der Waals surface area contributed by atoms with Crippen LogP contribution in [0.2, 0.25) is 0 Å². The van der Waals surface area contributed by atoms with Gasteiger partial charge in [-0.3, -0.25) is 0 Å². The molecule has 0 aliphatic rings. The molecule has 21 heavy (non-hydrogen) atoms. The molecule has 0 aliphatic heterocycles. The molecule has 0 fully saturated rings. The highest BCUT2D eigenvalue weighted by Crippen LogP contribution is 2.26. The van der Waals surface area contributed by atoms with Crippen molar-refractivity contribution in [2.75, 3.05) is 0 Å². The molecule has 112 valence electrons. The summed E-state index contributed by atoms with van der Waals surface area (Å²) in [5.74, 6) is -0.231. The first-order valence-electron chi connectivity index (χ1n) is 6.97. The van der Waals surface area contributed by atoms with Crippen molar-refractivity contribution >= 4 is 31.9 Å². The molecule has 1 nitrogen and oxygen atoms in total. The molecule has 4 heteroatoms. The van der Waals surface area contributed by atoms with Gasteiger partial charge in [-0.1, -0.05) is 41.1 Å². The van der Waals surface area contributed by atoms with Gasteiger partial charge >= 0.3 is 0 Å². The number of nitrogens with one attached hydrogen (secondary N) is 1. The van der Waals surface area contributed by atoms with Gasteiger partial charge in [0.05, 0.1) is 4.47 Å². The van der Waals surface area contributed by atoms with Crippen LogP contribution in [0.25, 0.3) is 0 Å². The Labute approximate surface area is 142 Å². The highest BCUT2D eigenvalue weighted by Gasteiger charge is 2.14. The van der Waals surface area contributed by atoms with Crippen molar-refractivity contribution in [2.24, 2.45) is 0 Å². The van der Waals surface area contributed by atoms with Crippen LogP contribution in [0.1, 0.15) is 43.5 Å². The quantitative estimate of drug-likeness (QED) is 0.618. The molecule has 2 atom stereocenters. The molecule has 0 saturated heterocycles. The van der Waals surface area contributed by atoms with Crippen molar-refractivity contribution in [1.29, 1.82) is 0 Å². The van der Waals surface area contributed by atoms with Gasteiger partial charge in [0.2, 0.25) is 0 Å². The van der Waals surface area contributed by atoms with Gasteiger partial charge in [-0.25, -0.2) is 4.39 Å². The van der Waals surface area contributed by atoms with E-state index in [-0.39, 0.29) is 17.9 Å². The van der Waals surface area contributed by atoms with E-state index in [0.29, 0.717) is 4.47 Å². The lowest BCUT2D eigenvalue weighted by Gasteiger charge is -2.23. The average Bonchev–Trinajstić information content (AvgIpc) is 2.48. The van der Waals surface area contributed by atoms with E-state index in [4.69, 9.17) is 0 Å². The van der Waals surface area contributed by atoms with Crippen LogP contribution in [0, 0.1) is 5.82 Å². The summed E-state index contributed by atoms with van der Waals surface area (Å²) in [6.07, 6.45) is 0.994. The summed E-state index contributed by atoms with van der Waals surface area (Å²) in [5, 5.41) is 3.61.